The van der Waals surface area contributed by atoms with Crippen LogP contribution in [-0.4, -0.2) is 38.1 Å². The number of esters is 1. The molecule has 8 nitrogen and oxygen atoms in total. The number of nitrogens with one attached hydrogen (secondary N) is 2. The molecule has 0 saturated carbocycles. The van der Waals surface area contributed by atoms with Gasteiger partial charge in [-0.2, -0.15) is 0 Å². The van der Waals surface area contributed by atoms with Gasteiger partial charge in [-0.1, -0.05) is 30.3 Å². The molecule has 0 fully saturated rings. The van der Waals surface area contributed by atoms with Crippen molar-refractivity contribution < 1.29 is 28.6 Å². The Labute approximate surface area is 197 Å². The number of carbonyl (C=O) groups excluding carboxylic acids is 3. The average Bonchev–Trinajstić information content (AvgIpc) is 2.84. The number of aryl methyl sites for hydroxylation is 1. The van der Waals surface area contributed by atoms with E-state index in [4.69, 9.17) is 14.2 Å². The van der Waals surface area contributed by atoms with Crippen LogP contribution < -0.4 is 20.1 Å². The zero-order valence-electron chi connectivity index (χ0n) is 19.0. The molecule has 3 aromatic carbocycles. The maximum Gasteiger partial charge on any atom is 0.309 e. The first-order valence-corrected chi connectivity index (χ1v) is 10.6. The fourth-order valence-electron chi connectivity index (χ4n) is 3.03. The van der Waals surface area contributed by atoms with Crippen LogP contribution in [0.5, 0.6) is 11.5 Å². The van der Waals surface area contributed by atoms with E-state index in [1.54, 1.807) is 55.6 Å². The number of methoxy groups -OCH3 is 1. The number of rotatable bonds is 10. The second-order valence-electron chi connectivity index (χ2n) is 7.30. The highest BCUT2D eigenvalue weighted by Gasteiger charge is 2.15. The van der Waals surface area contributed by atoms with Crippen LogP contribution in [0.3, 0.4) is 0 Å². The molecule has 0 aliphatic rings. The van der Waals surface area contributed by atoms with Crippen molar-refractivity contribution in [3.05, 3.63) is 83.9 Å². The Balaban J connectivity index is 1.48. The SMILES string of the molecule is COc1ccc(NC(=O)c2ccccc2NC(=O)COC(=O)CCOc2ccccc2C)cc1. The lowest BCUT2D eigenvalue weighted by Gasteiger charge is -2.12. The van der Waals surface area contributed by atoms with Gasteiger partial charge in [0, 0.05) is 5.69 Å². The topological polar surface area (TPSA) is 103 Å². The van der Waals surface area contributed by atoms with Gasteiger partial charge in [-0.3, -0.25) is 14.4 Å². The first kappa shape index (κ1) is 24.3. The minimum atomic E-state index is -0.561. The maximum absolute atomic E-state index is 12.7. The third kappa shape index (κ3) is 7.09. The van der Waals surface area contributed by atoms with Crippen molar-refractivity contribution >= 4 is 29.2 Å². The third-order valence-corrected chi connectivity index (χ3v) is 4.82. The highest BCUT2D eigenvalue weighted by Crippen LogP contribution is 2.20. The van der Waals surface area contributed by atoms with Crippen LogP contribution in [0.2, 0.25) is 0 Å². The van der Waals surface area contributed by atoms with Gasteiger partial charge in [-0.25, -0.2) is 0 Å². The zero-order valence-corrected chi connectivity index (χ0v) is 19.0. The predicted octanol–water partition coefficient (Wildman–Crippen LogP) is 4.21. The molecule has 0 atom stereocenters. The lowest BCUT2D eigenvalue weighted by molar-refractivity contribution is -0.147. The molecule has 2 N–H and O–H groups in total. The maximum atomic E-state index is 12.7. The molecule has 34 heavy (non-hydrogen) atoms. The fourth-order valence-corrected chi connectivity index (χ4v) is 3.03. The first-order chi connectivity index (χ1) is 16.5. The van der Waals surface area contributed by atoms with Crippen molar-refractivity contribution in [2.24, 2.45) is 0 Å². The summed E-state index contributed by atoms with van der Waals surface area (Å²) in [6, 6.07) is 20.9. The van der Waals surface area contributed by atoms with E-state index >= 15 is 0 Å². The molecule has 2 amide bonds. The number of anilines is 2. The van der Waals surface area contributed by atoms with Gasteiger partial charge in [0.15, 0.2) is 6.61 Å². The van der Waals surface area contributed by atoms with Crippen LogP contribution >= 0.6 is 0 Å². The Morgan fingerprint density at radius 1 is 0.853 bits per heavy atom. The molecule has 0 bridgehead atoms. The van der Waals surface area contributed by atoms with Gasteiger partial charge < -0.3 is 24.8 Å². The molecule has 0 spiro atoms. The zero-order chi connectivity index (χ0) is 24.3. The number of carbonyl (C=O) groups is 3. The lowest BCUT2D eigenvalue weighted by Crippen LogP contribution is -2.23. The minimum absolute atomic E-state index is 0.00245. The van der Waals surface area contributed by atoms with E-state index < -0.39 is 24.4 Å². The number of hydrogen-bond acceptors (Lipinski definition) is 6. The second kappa shape index (κ2) is 12.1. The molecule has 0 aliphatic heterocycles. The number of amides is 2. The normalized spacial score (nSPS) is 10.2. The molecule has 0 unspecified atom stereocenters. The highest BCUT2D eigenvalue weighted by atomic mass is 16.5. The van der Waals surface area contributed by atoms with Crippen LogP contribution in [0.4, 0.5) is 11.4 Å². The molecule has 3 rings (SSSR count). The Bertz CT molecular complexity index is 1140. The van der Waals surface area contributed by atoms with Crippen LogP contribution in [0, 0.1) is 6.92 Å². The lowest BCUT2D eigenvalue weighted by atomic mass is 10.1. The van der Waals surface area contributed by atoms with Crippen molar-refractivity contribution in [3.63, 3.8) is 0 Å². The fraction of sp³-hybridized carbons (Fsp3) is 0.192. The van der Waals surface area contributed by atoms with Crippen LogP contribution in [0.1, 0.15) is 22.3 Å². The van der Waals surface area contributed by atoms with Gasteiger partial charge in [0.1, 0.15) is 11.5 Å². The van der Waals surface area contributed by atoms with E-state index in [0.717, 1.165) is 5.56 Å². The average molecular weight is 463 g/mol. The molecule has 3 aromatic rings. The molecule has 0 heterocycles. The van der Waals surface area contributed by atoms with Crippen LogP contribution in [0.15, 0.2) is 72.8 Å². The first-order valence-electron chi connectivity index (χ1n) is 10.6. The Morgan fingerprint density at radius 2 is 1.56 bits per heavy atom. The Kier molecular flexibility index (Phi) is 8.62. The van der Waals surface area contributed by atoms with Gasteiger partial charge in [0.25, 0.3) is 11.8 Å². The third-order valence-electron chi connectivity index (χ3n) is 4.82. The van der Waals surface area contributed by atoms with Gasteiger partial charge in [0.05, 0.1) is 31.4 Å². The summed E-state index contributed by atoms with van der Waals surface area (Å²) in [7, 11) is 1.56. The van der Waals surface area contributed by atoms with E-state index in [-0.39, 0.29) is 18.6 Å². The van der Waals surface area contributed by atoms with Crippen LogP contribution in [0.25, 0.3) is 0 Å². The summed E-state index contributed by atoms with van der Waals surface area (Å²) in [5.74, 6) is -0.155. The van der Waals surface area contributed by atoms with E-state index in [1.165, 1.54) is 0 Å². The van der Waals surface area contributed by atoms with Crippen molar-refractivity contribution in [1.29, 1.82) is 0 Å². The minimum Gasteiger partial charge on any atom is -0.497 e. The predicted molar refractivity (Wildman–Crippen MR) is 128 cm³/mol. The number of ether oxygens (including phenoxy) is 3. The summed E-state index contributed by atoms with van der Waals surface area (Å²) < 4.78 is 15.7. The van der Waals surface area contributed by atoms with Crippen molar-refractivity contribution in [2.75, 3.05) is 31.0 Å². The smallest absolute Gasteiger partial charge is 0.309 e. The molecular weight excluding hydrogens is 436 g/mol. The summed E-state index contributed by atoms with van der Waals surface area (Å²) >= 11 is 0. The summed E-state index contributed by atoms with van der Waals surface area (Å²) in [6.07, 6.45) is 0.00245. The Morgan fingerprint density at radius 3 is 2.29 bits per heavy atom. The Hall–Kier alpha value is -4.33. The van der Waals surface area contributed by atoms with Crippen molar-refractivity contribution in [2.45, 2.75) is 13.3 Å². The number of benzene rings is 3. The van der Waals surface area contributed by atoms with Crippen molar-refractivity contribution in [3.8, 4) is 11.5 Å². The standard InChI is InChI=1S/C26H26N2O6/c1-18-7-3-6-10-23(18)33-16-15-25(30)34-17-24(29)28-22-9-5-4-8-21(22)26(31)27-19-11-13-20(32-2)14-12-19/h3-14H,15-17H2,1-2H3,(H,27,31)(H,28,29). The molecule has 8 heteroatoms. The summed E-state index contributed by atoms with van der Waals surface area (Å²) in [5.41, 5.74) is 2.11. The number of para-hydroxylation sites is 2. The molecule has 0 aliphatic carbocycles. The quantitative estimate of drug-likeness (QED) is 0.438. The molecule has 0 saturated heterocycles. The van der Waals surface area contributed by atoms with Gasteiger partial charge >= 0.3 is 5.97 Å². The van der Waals surface area contributed by atoms with E-state index in [1.807, 2.05) is 31.2 Å². The molecule has 0 aromatic heterocycles. The van der Waals surface area contributed by atoms with E-state index in [2.05, 4.69) is 10.6 Å². The van der Waals surface area contributed by atoms with E-state index in [0.29, 0.717) is 22.9 Å². The molecule has 176 valence electrons. The monoisotopic (exact) mass is 462 g/mol. The van der Waals surface area contributed by atoms with Crippen molar-refractivity contribution in [1.82, 2.24) is 0 Å². The van der Waals surface area contributed by atoms with E-state index in [9.17, 15) is 14.4 Å². The summed E-state index contributed by atoms with van der Waals surface area (Å²) in [6.45, 7) is 1.57. The highest BCUT2D eigenvalue weighted by molar-refractivity contribution is 6.10. The largest absolute Gasteiger partial charge is 0.497 e. The van der Waals surface area contributed by atoms with Gasteiger partial charge in [-0.05, 0) is 55.0 Å². The number of hydrogen-bond donors (Lipinski definition) is 2. The molecular formula is C26H26N2O6. The van der Waals surface area contributed by atoms with Gasteiger partial charge in [-0.15, -0.1) is 0 Å². The van der Waals surface area contributed by atoms with Gasteiger partial charge in [0.2, 0.25) is 0 Å². The molecule has 0 radical (unpaired) electrons. The second-order valence-corrected chi connectivity index (χ2v) is 7.30. The summed E-state index contributed by atoms with van der Waals surface area (Å²) in [5, 5.41) is 5.38. The van der Waals surface area contributed by atoms with Crippen LogP contribution in [-0.2, 0) is 14.3 Å². The summed E-state index contributed by atoms with van der Waals surface area (Å²) in [4.78, 5) is 36.9.